The molecule has 0 unspecified atom stereocenters. The summed E-state index contributed by atoms with van der Waals surface area (Å²) >= 11 is 0. The van der Waals surface area contributed by atoms with Gasteiger partial charge in [-0.3, -0.25) is 0 Å². The van der Waals surface area contributed by atoms with Gasteiger partial charge in [-0.05, 0) is 31.5 Å². The van der Waals surface area contributed by atoms with Crippen LogP contribution in [0, 0.1) is 18.6 Å². The molecule has 0 radical (unpaired) electrons. The van der Waals surface area contributed by atoms with Gasteiger partial charge in [-0.2, -0.15) is 0 Å². The van der Waals surface area contributed by atoms with Crippen LogP contribution in [-0.4, -0.2) is 11.5 Å². The van der Waals surface area contributed by atoms with Gasteiger partial charge in [0.05, 0.1) is 0 Å². The molecule has 0 spiro atoms. The first-order chi connectivity index (χ1) is 9.08. The Kier molecular flexibility index (Phi) is 4.06. The molecule has 0 fully saturated rings. The predicted molar refractivity (Wildman–Crippen MR) is 68.2 cm³/mol. The smallest absolute Gasteiger partial charge is 0.222 e. The summed E-state index contributed by atoms with van der Waals surface area (Å²) in [7, 11) is 0. The lowest BCUT2D eigenvalue weighted by Crippen LogP contribution is -2.03. The Balaban J connectivity index is 2.23. The van der Waals surface area contributed by atoms with Crippen LogP contribution in [0.25, 0.3) is 0 Å². The minimum atomic E-state index is -0.688. The van der Waals surface area contributed by atoms with E-state index in [1.807, 2.05) is 13.0 Å². The van der Waals surface area contributed by atoms with E-state index in [0.29, 0.717) is 12.4 Å². The van der Waals surface area contributed by atoms with Crippen LogP contribution in [0.4, 0.5) is 8.78 Å². The first kappa shape index (κ1) is 13.4. The molecule has 0 saturated heterocycles. The second-order valence-corrected chi connectivity index (χ2v) is 4.21. The van der Waals surface area contributed by atoms with Gasteiger partial charge in [-0.25, -0.2) is 13.8 Å². The van der Waals surface area contributed by atoms with Crippen molar-refractivity contribution in [1.29, 1.82) is 0 Å². The number of rotatable bonds is 4. The molecule has 19 heavy (non-hydrogen) atoms. The quantitative estimate of drug-likeness (QED) is 0.923. The third kappa shape index (κ3) is 3.48. The fourth-order valence-electron chi connectivity index (χ4n) is 1.73. The molecule has 5 heteroatoms. The van der Waals surface area contributed by atoms with E-state index in [1.165, 1.54) is 0 Å². The Morgan fingerprint density at radius 2 is 1.84 bits per heavy atom. The van der Waals surface area contributed by atoms with Crippen LogP contribution in [0.5, 0.6) is 11.6 Å². The summed E-state index contributed by atoms with van der Waals surface area (Å²) < 4.78 is 31.5. The second kappa shape index (κ2) is 5.75. The molecule has 1 heterocycles. The third-order valence-electron chi connectivity index (χ3n) is 2.57. The van der Waals surface area contributed by atoms with E-state index in [4.69, 9.17) is 10.5 Å². The van der Waals surface area contributed by atoms with Crippen LogP contribution in [0.1, 0.15) is 11.1 Å². The van der Waals surface area contributed by atoms with E-state index in [2.05, 4.69) is 4.98 Å². The lowest BCUT2D eigenvalue weighted by Gasteiger charge is -2.09. The summed E-state index contributed by atoms with van der Waals surface area (Å²) in [5.41, 5.74) is 7.25. The third-order valence-corrected chi connectivity index (χ3v) is 2.57. The summed E-state index contributed by atoms with van der Waals surface area (Å²) in [5.74, 6) is -0.967. The second-order valence-electron chi connectivity index (χ2n) is 4.21. The highest BCUT2D eigenvalue weighted by atomic mass is 19.1. The van der Waals surface area contributed by atoms with E-state index in [-0.39, 0.29) is 5.75 Å². The molecule has 2 N–H and O–H groups in total. The molecule has 3 nitrogen and oxygen atoms in total. The van der Waals surface area contributed by atoms with Crippen molar-refractivity contribution >= 4 is 0 Å². The highest BCUT2D eigenvalue weighted by molar-refractivity contribution is 5.34. The van der Waals surface area contributed by atoms with Gasteiger partial charge < -0.3 is 10.5 Å². The number of benzene rings is 1. The molecule has 0 aliphatic heterocycles. The zero-order valence-electron chi connectivity index (χ0n) is 10.5. The molecule has 1 aromatic heterocycles. The number of pyridine rings is 1. The number of nitrogens with two attached hydrogens (primary N) is 1. The molecule has 0 aliphatic rings. The van der Waals surface area contributed by atoms with E-state index in [1.54, 1.807) is 6.20 Å². The van der Waals surface area contributed by atoms with Crippen molar-refractivity contribution in [2.75, 3.05) is 6.54 Å². The van der Waals surface area contributed by atoms with Gasteiger partial charge in [-0.15, -0.1) is 0 Å². The van der Waals surface area contributed by atoms with Gasteiger partial charge in [0.1, 0.15) is 17.4 Å². The lowest BCUT2D eigenvalue weighted by molar-refractivity contribution is 0.447. The Labute approximate surface area is 110 Å². The van der Waals surface area contributed by atoms with E-state index < -0.39 is 11.6 Å². The van der Waals surface area contributed by atoms with Crippen LogP contribution in [0.2, 0.25) is 0 Å². The fourth-order valence-corrected chi connectivity index (χ4v) is 1.73. The van der Waals surface area contributed by atoms with Gasteiger partial charge in [0.15, 0.2) is 0 Å². The van der Waals surface area contributed by atoms with Crippen molar-refractivity contribution < 1.29 is 13.5 Å². The number of aromatic nitrogens is 1. The average Bonchev–Trinajstić information content (AvgIpc) is 2.32. The molecule has 2 rings (SSSR count). The highest BCUT2D eigenvalue weighted by Gasteiger charge is 2.07. The SMILES string of the molecule is Cc1cc(CCN)cnc1Oc1cc(F)cc(F)c1. The topological polar surface area (TPSA) is 48.1 Å². The van der Waals surface area contributed by atoms with Crippen molar-refractivity contribution in [3.05, 3.63) is 53.2 Å². The minimum Gasteiger partial charge on any atom is -0.439 e. The maximum atomic E-state index is 13.0. The zero-order chi connectivity index (χ0) is 13.8. The summed E-state index contributed by atoms with van der Waals surface area (Å²) in [6.07, 6.45) is 2.37. The highest BCUT2D eigenvalue weighted by Crippen LogP contribution is 2.24. The van der Waals surface area contributed by atoms with Gasteiger partial charge in [0.2, 0.25) is 5.88 Å². The van der Waals surface area contributed by atoms with E-state index in [0.717, 1.165) is 35.7 Å². The molecule has 0 atom stereocenters. The molecule has 0 amide bonds. The Morgan fingerprint density at radius 1 is 1.16 bits per heavy atom. The van der Waals surface area contributed by atoms with Crippen molar-refractivity contribution in [3.8, 4) is 11.6 Å². The monoisotopic (exact) mass is 264 g/mol. The number of aryl methyl sites for hydroxylation is 1. The number of hydrogen-bond acceptors (Lipinski definition) is 3. The minimum absolute atomic E-state index is 0.0830. The molecular weight excluding hydrogens is 250 g/mol. The van der Waals surface area contributed by atoms with Gasteiger partial charge in [-0.1, -0.05) is 0 Å². The number of halogens is 2. The standard InChI is InChI=1S/C14H14F2N2O/c1-9-4-10(2-3-17)8-18-14(9)19-13-6-11(15)5-12(16)7-13/h4-8H,2-3,17H2,1H3. The van der Waals surface area contributed by atoms with E-state index >= 15 is 0 Å². The average molecular weight is 264 g/mol. The molecule has 0 saturated carbocycles. The van der Waals surface area contributed by atoms with Crippen LogP contribution < -0.4 is 10.5 Å². The largest absolute Gasteiger partial charge is 0.439 e. The molecule has 1 aromatic carbocycles. The predicted octanol–water partition coefficient (Wildman–Crippen LogP) is 2.96. The first-order valence-electron chi connectivity index (χ1n) is 5.88. The molecule has 0 aliphatic carbocycles. The summed E-state index contributed by atoms with van der Waals surface area (Å²) in [6, 6.07) is 4.90. The molecule has 100 valence electrons. The number of nitrogens with zero attached hydrogens (tertiary/aromatic N) is 1. The Bertz CT molecular complexity index is 567. The van der Waals surface area contributed by atoms with Crippen molar-refractivity contribution in [2.24, 2.45) is 5.73 Å². The van der Waals surface area contributed by atoms with Crippen molar-refractivity contribution in [1.82, 2.24) is 4.98 Å². The Hall–Kier alpha value is -2.01. The van der Waals surface area contributed by atoms with Crippen LogP contribution in [0.3, 0.4) is 0 Å². The van der Waals surface area contributed by atoms with Gasteiger partial charge in [0, 0.05) is 30.0 Å². The van der Waals surface area contributed by atoms with Gasteiger partial charge in [0.25, 0.3) is 0 Å². The summed E-state index contributed by atoms with van der Waals surface area (Å²) in [5, 5.41) is 0. The van der Waals surface area contributed by atoms with Crippen molar-refractivity contribution in [2.45, 2.75) is 13.3 Å². The number of hydrogen-bond donors (Lipinski definition) is 1. The maximum absolute atomic E-state index is 13.0. The normalized spacial score (nSPS) is 10.5. The first-order valence-corrected chi connectivity index (χ1v) is 5.88. The van der Waals surface area contributed by atoms with E-state index in [9.17, 15) is 8.78 Å². The Morgan fingerprint density at radius 3 is 2.42 bits per heavy atom. The van der Waals surface area contributed by atoms with Crippen molar-refractivity contribution in [3.63, 3.8) is 0 Å². The summed E-state index contributed by atoms with van der Waals surface area (Å²) in [6.45, 7) is 2.36. The van der Waals surface area contributed by atoms with Gasteiger partial charge >= 0.3 is 0 Å². The lowest BCUT2D eigenvalue weighted by atomic mass is 10.1. The van der Waals surface area contributed by atoms with Crippen LogP contribution in [-0.2, 0) is 6.42 Å². The molecular formula is C14H14F2N2O. The van der Waals surface area contributed by atoms with Crippen LogP contribution in [0.15, 0.2) is 30.5 Å². The summed E-state index contributed by atoms with van der Waals surface area (Å²) in [4.78, 5) is 4.13. The zero-order valence-corrected chi connectivity index (χ0v) is 10.5. The number of ether oxygens (including phenoxy) is 1. The molecule has 0 bridgehead atoms. The van der Waals surface area contributed by atoms with Crippen LogP contribution >= 0.6 is 0 Å². The molecule has 2 aromatic rings. The fraction of sp³-hybridized carbons (Fsp3) is 0.214. The maximum Gasteiger partial charge on any atom is 0.222 e.